The zero-order valence-electron chi connectivity index (χ0n) is 18.2. The number of oxazole rings is 1. The largest absolute Gasteiger partial charge is 0.484 e. The minimum absolute atomic E-state index is 0.0599. The Bertz CT molecular complexity index is 1240. The van der Waals surface area contributed by atoms with Crippen LogP contribution in [0.2, 0.25) is 5.02 Å². The third kappa shape index (κ3) is 5.20. The number of ether oxygens (including phenoxy) is 1. The number of hydrogen-bond acceptors (Lipinski definition) is 4. The Kier molecular flexibility index (Phi) is 6.31. The quantitative estimate of drug-likeness (QED) is 0.330. The van der Waals surface area contributed by atoms with Crippen molar-refractivity contribution < 1.29 is 13.9 Å². The maximum absolute atomic E-state index is 12.4. The number of rotatable bonds is 6. The average molecular weight is 461 g/mol. The van der Waals surface area contributed by atoms with E-state index in [0.29, 0.717) is 39.4 Å². The van der Waals surface area contributed by atoms with Gasteiger partial charge in [-0.05, 0) is 78.9 Å². The Morgan fingerprint density at radius 3 is 2.52 bits per heavy atom. The van der Waals surface area contributed by atoms with E-state index in [1.54, 1.807) is 30.3 Å². The first-order chi connectivity index (χ1) is 16.1. The van der Waals surface area contributed by atoms with Gasteiger partial charge in [-0.2, -0.15) is 0 Å². The molecule has 1 aliphatic rings. The molecule has 1 aliphatic carbocycles. The second kappa shape index (κ2) is 9.67. The molecule has 4 aromatic rings. The van der Waals surface area contributed by atoms with Crippen LogP contribution in [0, 0.1) is 0 Å². The maximum atomic E-state index is 12.4. The number of hydrogen-bond donors (Lipinski definition) is 1. The fourth-order valence-corrected chi connectivity index (χ4v) is 4.47. The van der Waals surface area contributed by atoms with Crippen molar-refractivity contribution in [1.29, 1.82) is 0 Å². The number of carbonyl (C=O) groups excluding carboxylic acids is 1. The zero-order valence-corrected chi connectivity index (χ0v) is 19.0. The topological polar surface area (TPSA) is 64.4 Å². The van der Waals surface area contributed by atoms with E-state index in [1.165, 1.54) is 37.7 Å². The molecule has 5 rings (SSSR count). The summed E-state index contributed by atoms with van der Waals surface area (Å²) in [6.07, 6.45) is 6.50. The van der Waals surface area contributed by atoms with Crippen LogP contribution in [-0.2, 0) is 4.79 Å². The lowest BCUT2D eigenvalue weighted by atomic mass is 9.84. The summed E-state index contributed by atoms with van der Waals surface area (Å²) in [7, 11) is 0. The van der Waals surface area contributed by atoms with Crippen LogP contribution in [0.3, 0.4) is 0 Å². The Morgan fingerprint density at radius 1 is 1.00 bits per heavy atom. The highest BCUT2D eigenvalue weighted by Gasteiger charge is 2.15. The van der Waals surface area contributed by atoms with E-state index in [1.807, 2.05) is 24.3 Å². The lowest BCUT2D eigenvalue weighted by Gasteiger charge is -2.22. The minimum atomic E-state index is -0.230. The number of amides is 1. The molecule has 1 saturated carbocycles. The standard InChI is InChI=1S/C27H25ClN2O3/c28-21-10-6-20(7-11-21)27-30-24-16-22(12-15-25(24)33-27)29-26(31)17-32-23-13-8-19(9-14-23)18-4-2-1-3-5-18/h6-16,18H,1-5,17H2,(H,29,31). The van der Waals surface area contributed by atoms with Crippen LogP contribution in [0.5, 0.6) is 5.75 Å². The normalized spacial score (nSPS) is 14.3. The molecule has 33 heavy (non-hydrogen) atoms. The third-order valence-electron chi connectivity index (χ3n) is 6.09. The van der Waals surface area contributed by atoms with Crippen molar-refractivity contribution >= 4 is 34.3 Å². The predicted molar refractivity (Wildman–Crippen MR) is 131 cm³/mol. The molecule has 1 heterocycles. The van der Waals surface area contributed by atoms with E-state index in [0.717, 1.165) is 5.56 Å². The second-order valence-corrected chi connectivity index (χ2v) is 8.89. The molecule has 0 atom stereocenters. The number of nitrogens with zero attached hydrogens (tertiary/aromatic N) is 1. The smallest absolute Gasteiger partial charge is 0.262 e. The van der Waals surface area contributed by atoms with E-state index in [2.05, 4.69) is 22.4 Å². The Morgan fingerprint density at radius 2 is 1.76 bits per heavy atom. The monoisotopic (exact) mass is 460 g/mol. The average Bonchev–Trinajstić information content (AvgIpc) is 3.27. The first-order valence-electron chi connectivity index (χ1n) is 11.3. The van der Waals surface area contributed by atoms with Crippen molar-refractivity contribution in [3.8, 4) is 17.2 Å². The number of anilines is 1. The van der Waals surface area contributed by atoms with Crippen molar-refractivity contribution in [3.05, 3.63) is 77.3 Å². The predicted octanol–water partition coefficient (Wildman–Crippen LogP) is 7.21. The summed E-state index contributed by atoms with van der Waals surface area (Å²) in [6.45, 7) is -0.0599. The van der Waals surface area contributed by atoms with Crippen LogP contribution in [0.1, 0.15) is 43.6 Å². The van der Waals surface area contributed by atoms with Gasteiger partial charge in [-0.3, -0.25) is 4.79 Å². The van der Waals surface area contributed by atoms with Gasteiger partial charge < -0.3 is 14.5 Å². The third-order valence-corrected chi connectivity index (χ3v) is 6.34. The van der Waals surface area contributed by atoms with Gasteiger partial charge >= 0.3 is 0 Å². The van der Waals surface area contributed by atoms with E-state index < -0.39 is 0 Å². The first kappa shape index (κ1) is 21.5. The highest BCUT2D eigenvalue weighted by Crippen LogP contribution is 2.33. The van der Waals surface area contributed by atoms with Crippen molar-refractivity contribution in [2.45, 2.75) is 38.0 Å². The van der Waals surface area contributed by atoms with Gasteiger partial charge in [-0.25, -0.2) is 4.98 Å². The van der Waals surface area contributed by atoms with Gasteiger partial charge in [0.15, 0.2) is 12.2 Å². The Hall–Kier alpha value is -3.31. The molecule has 0 unspecified atom stereocenters. The number of fused-ring (bicyclic) bond motifs is 1. The molecule has 0 saturated heterocycles. The molecule has 1 fully saturated rings. The number of aromatic nitrogens is 1. The fraction of sp³-hybridized carbons (Fsp3) is 0.259. The molecule has 5 nitrogen and oxygen atoms in total. The van der Waals surface area contributed by atoms with Gasteiger partial charge in [0.2, 0.25) is 5.89 Å². The van der Waals surface area contributed by atoms with E-state index in [-0.39, 0.29) is 12.5 Å². The summed E-state index contributed by atoms with van der Waals surface area (Å²) in [4.78, 5) is 16.9. The van der Waals surface area contributed by atoms with Crippen LogP contribution in [0.4, 0.5) is 5.69 Å². The van der Waals surface area contributed by atoms with Crippen molar-refractivity contribution in [3.63, 3.8) is 0 Å². The van der Waals surface area contributed by atoms with Crippen molar-refractivity contribution in [2.24, 2.45) is 0 Å². The van der Waals surface area contributed by atoms with Crippen molar-refractivity contribution in [2.75, 3.05) is 11.9 Å². The summed E-state index contributed by atoms with van der Waals surface area (Å²) < 4.78 is 11.5. The van der Waals surface area contributed by atoms with Gasteiger partial charge in [0, 0.05) is 16.3 Å². The number of nitrogens with one attached hydrogen (secondary N) is 1. The Balaban J connectivity index is 1.19. The van der Waals surface area contributed by atoms with Crippen molar-refractivity contribution in [1.82, 2.24) is 4.98 Å². The van der Waals surface area contributed by atoms with E-state index in [9.17, 15) is 4.79 Å². The molecule has 1 N–H and O–H groups in total. The SMILES string of the molecule is O=C(COc1ccc(C2CCCCC2)cc1)Nc1ccc2oc(-c3ccc(Cl)cc3)nc2c1. The molecule has 0 spiro atoms. The van der Waals surface area contributed by atoms with Gasteiger partial charge in [0.1, 0.15) is 11.3 Å². The molecule has 0 bridgehead atoms. The minimum Gasteiger partial charge on any atom is -0.484 e. The molecule has 0 aliphatic heterocycles. The van der Waals surface area contributed by atoms with Crippen LogP contribution in [-0.4, -0.2) is 17.5 Å². The second-order valence-electron chi connectivity index (χ2n) is 8.45. The molecule has 168 valence electrons. The van der Waals surface area contributed by atoms with E-state index in [4.69, 9.17) is 20.8 Å². The highest BCUT2D eigenvalue weighted by atomic mass is 35.5. The molecule has 3 aromatic carbocycles. The molecule has 0 radical (unpaired) electrons. The molecule has 6 heteroatoms. The van der Waals surface area contributed by atoms with Crippen LogP contribution in [0.25, 0.3) is 22.6 Å². The lowest BCUT2D eigenvalue weighted by molar-refractivity contribution is -0.118. The summed E-state index contributed by atoms with van der Waals surface area (Å²) in [6, 6.07) is 20.8. The summed E-state index contributed by atoms with van der Waals surface area (Å²) >= 11 is 5.95. The van der Waals surface area contributed by atoms with Crippen LogP contribution in [0.15, 0.2) is 71.1 Å². The Labute approximate surface area is 197 Å². The molecular weight excluding hydrogens is 436 g/mol. The van der Waals surface area contributed by atoms with Gasteiger partial charge in [0.25, 0.3) is 5.91 Å². The summed E-state index contributed by atoms with van der Waals surface area (Å²) in [5.41, 5.74) is 4.15. The fourth-order valence-electron chi connectivity index (χ4n) is 4.34. The van der Waals surface area contributed by atoms with E-state index >= 15 is 0 Å². The maximum Gasteiger partial charge on any atom is 0.262 e. The number of benzene rings is 3. The number of halogens is 1. The highest BCUT2D eigenvalue weighted by molar-refractivity contribution is 6.30. The zero-order chi connectivity index (χ0) is 22.6. The molecule has 1 aromatic heterocycles. The van der Waals surface area contributed by atoms with Gasteiger partial charge in [-0.15, -0.1) is 0 Å². The molecule has 1 amide bonds. The molecular formula is C27H25ClN2O3. The lowest BCUT2D eigenvalue weighted by Crippen LogP contribution is -2.20. The summed E-state index contributed by atoms with van der Waals surface area (Å²) in [5.74, 6) is 1.63. The summed E-state index contributed by atoms with van der Waals surface area (Å²) in [5, 5.41) is 3.52. The first-order valence-corrected chi connectivity index (χ1v) is 11.7. The van der Waals surface area contributed by atoms with Crippen LogP contribution < -0.4 is 10.1 Å². The van der Waals surface area contributed by atoms with Gasteiger partial charge in [0.05, 0.1) is 0 Å². The number of carbonyl (C=O) groups is 1. The van der Waals surface area contributed by atoms with Crippen LogP contribution >= 0.6 is 11.6 Å². The van der Waals surface area contributed by atoms with Gasteiger partial charge in [-0.1, -0.05) is 43.0 Å².